The van der Waals surface area contributed by atoms with Crippen LogP contribution < -0.4 is 0 Å². The monoisotopic (exact) mass is 163 g/mol. The Kier molecular flexibility index (Phi) is 1.57. The highest BCUT2D eigenvalue weighted by molar-refractivity contribution is 7.03. The van der Waals surface area contributed by atoms with Crippen LogP contribution in [0.25, 0.3) is 11.5 Å². The molecule has 0 saturated carbocycles. The van der Waals surface area contributed by atoms with E-state index >= 15 is 0 Å². The van der Waals surface area contributed by atoms with Crippen molar-refractivity contribution in [2.45, 2.75) is 0 Å². The van der Waals surface area contributed by atoms with Crippen LogP contribution in [0, 0.1) is 6.33 Å². The van der Waals surface area contributed by atoms with Crippen LogP contribution in [0.4, 0.5) is 0 Å². The molecule has 0 aromatic carbocycles. The third-order valence-electron chi connectivity index (χ3n) is 1.12. The van der Waals surface area contributed by atoms with Crippen LogP contribution in [0.2, 0.25) is 0 Å². The zero-order valence-corrected chi connectivity index (χ0v) is 6.25. The van der Waals surface area contributed by atoms with E-state index in [1.165, 1.54) is 17.9 Å². The van der Waals surface area contributed by atoms with Gasteiger partial charge in [0, 0.05) is 5.38 Å². The summed E-state index contributed by atoms with van der Waals surface area (Å²) in [5.74, 6) is 0.571. The van der Waals surface area contributed by atoms with Gasteiger partial charge in [0.2, 0.25) is 6.33 Å². The summed E-state index contributed by atoms with van der Waals surface area (Å²) in [6.07, 6.45) is 3.86. The molecule has 2 aromatic rings. The summed E-state index contributed by atoms with van der Waals surface area (Å²) in [7, 11) is 0. The summed E-state index contributed by atoms with van der Waals surface area (Å²) >= 11 is 1.37. The average Bonchev–Trinajstić information content (AvgIpc) is 2.58. The Morgan fingerprint density at radius 3 is 3.09 bits per heavy atom. The van der Waals surface area contributed by atoms with Gasteiger partial charge in [-0.2, -0.15) is 4.37 Å². The fourth-order valence-electron chi connectivity index (χ4n) is 0.666. The minimum Gasteiger partial charge on any atom is -0.215 e. The Hall–Kier alpha value is -1.36. The van der Waals surface area contributed by atoms with Gasteiger partial charge in [-0.05, 0) is 17.6 Å². The standard InChI is InChI=1S/C6H3N4S/c1-2-11-10-5(1)6-8-3-7-4-9-6/h1-3H. The molecule has 4 nitrogen and oxygen atoms in total. The van der Waals surface area contributed by atoms with E-state index in [0.29, 0.717) is 5.82 Å². The van der Waals surface area contributed by atoms with Crippen LogP contribution in [0.15, 0.2) is 17.8 Å². The van der Waals surface area contributed by atoms with E-state index in [-0.39, 0.29) is 0 Å². The van der Waals surface area contributed by atoms with E-state index in [2.05, 4.69) is 25.7 Å². The first-order chi connectivity index (χ1) is 5.47. The molecule has 11 heavy (non-hydrogen) atoms. The van der Waals surface area contributed by atoms with Crippen LogP contribution >= 0.6 is 11.5 Å². The average molecular weight is 163 g/mol. The first-order valence-electron chi connectivity index (χ1n) is 2.92. The highest BCUT2D eigenvalue weighted by atomic mass is 32.1. The van der Waals surface area contributed by atoms with Gasteiger partial charge >= 0.3 is 0 Å². The summed E-state index contributed by atoms with van der Waals surface area (Å²) in [5, 5.41) is 1.87. The molecular weight excluding hydrogens is 160 g/mol. The first-order valence-corrected chi connectivity index (χ1v) is 3.76. The topological polar surface area (TPSA) is 51.6 Å². The Morgan fingerprint density at radius 2 is 2.45 bits per heavy atom. The van der Waals surface area contributed by atoms with Crippen LogP contribution in [0.5, 0.6) is 0 Å². The van der Waals surface area contributed by atoms with Crippen molar-refractivity contribution in [1.82, 2.24) is 19.3 Å². The maximum Gasteiger partial charge on any atom is 0.201 e. The highest BCUT2D eigenvalue weighted by Crippen LogP contribution is 2.10. The van der Waals surface area contributed by atoms with Crippen molar-refractivity contribution in [3.8, 4) is 11.5 Å². The van der Waals surface area contributed by atoms with Gasteiger partial charge in [0.1, 0.15) is 12.0 Å². The molecule has 0 aliphatic carbocycles. The lowest BCUT2D eigenvalue weighted by Crippen LogP contribution is -1.88. The number of hydrogen-bond donors (Lipinski definition) is 0. The van der Waals surface area contributed by atoms with E-state index in [9.17, 15) is 0 Å². The van der Waals surface area contributed by atoms with Crippen LogP contribution in [-0.4, -0.2) is 19.3 Å². The molecule has 0 aliphatic rings. The summed E-state index contributed by atoms with van der Waals surface area (Å²) in [6.45, 7) is 0. The predicted molar refractivity (Wildman–Crippen MR) is 39.8 cm³/mol. The quantitative estimate of drug-likeness (QED) is 0.623. The van der Waals surface area contributed by atoms with Gasteiger partial charge < -0.3 is 0 Å². The molecule has 0 spiro atoms. The summed E-state index contributed by atoms with van der Waals surface area (Å²) < 4.78 is 4.06. The number of rotatable bonds is 1. The summed E-state index contributed by atoms with van der Waals surface area (Å²) in [4.78, 5) is 11.3. The Labute approximate surface area is 67.1 Å². The Bertz CT molecular complexity index is 318. The van der Waals surface area contributed by atoms with Gasteiger partial charge in [0.05, 0.1) is 0 Å². The minimum absolute atomic E-state index is 0.571. The minimum atomic E-state index is 0.571. The van der Waals surface area contributed by atoms with Gasteiger partial charge in [-0.1, -0.05) is 0 Å². The Balaban J connectivity index is 2.46. The molecule has 0 unspecified atom stereocenters. The van der Waals surface area contributed by atoms with E-state index in [1.54, 1.807) is 0 Å². The lowest BCUT2D eigenvalue weighted by Gasteiger charge is -1.88. The van der Waals surface area contributed by atoms with Gasteiger partial charge in [-0.3, -0.25) is 0 Å². The van der Waals surface area contributed by atoms with E-state index in [0.717, 1.165) is 5.69 Å². The third-order valence-corrected chi connectivity index (χ3v) is 1.68. The van der Waals surface area contributed by atoms with Gasteiger partial charge in [-0.25, -0.2) is 15.0 Å². The van der Waals surface area contributed by atoms with Gasteiger partial charge in [-0.15, -0.1) is 0 Å². The molecule has 1 radical (unpaired) electrons. The largest absolute Gasteiger partial charge is 0.215 e. The number of aromatic nitrogens is 4. The SMILES string of the molecule is [c]1ncnc(-c2ccsn2)n1. The predicted octanol–water partition coefficient (Wildman–Crippen LogP) is 0.795. The van der Waals surface area contributed by atoms with Gasteiger partial charge in [0.15, 0.2) is 5.82 Å². The second-order valence-corrected chi connectivity index (χ2v) is 2.46. The van der Waals surface area contributed by atoms with Gasteiger partial charge in [0.25, 0.3) is 0 Å². The lowest BCUT2D eigenvalue weighted by molar-refractivity contribution is 1.04. The molecule has 0 atom stereocenters. The number of nitrogens with zero attached hydrogens (tertiary/aromatic N) is 4. The van der Waals surface area contributed by atoms with Crippen LogP contribution in [0.3, 0.4) is 0 Å². The molecule has 5 heteroatoms. The second kappa shape index (κ2) is 2.71. The van der Waals surface area contributed by atoms with Crippen molar-refractivity contribution >= 4 is 11.5 Å². The fourth-order valence-corrected chi connectivity index (χ4v) is 1.17. The molecule has 0 fully saturated rings. The zero-order valence-electron chi connectivity index (χ0n) is 5.43. The van der Waals surface area contributed by atoms with Crippen molar-refractivity contribution in [1.29, 1.82) is 0 Å². The molecule has 0 N–H and O–H groups in total. The molecule has 2 heterocycles. The smallest absolute Gasteiger partial charge is 0.201 e. The van der Waals surface area contributed by atoms with Crippen LogP contribution in [0.1, 0.15) is 0 Å². The van der Waals surface area contributed by atoms with Crippen molar-refractivity contribution < 1.29 is 0 Å². The summed E-state index contributed by atoms with van der Waals surface area (Å²) in [5.41, 5.74) is 0.772. The molecule has 0 amide bonds. The Morgan fingerprint density at radius 1 is 1.45 bits per heavy atom. The van der Waals surface area contributed by atoms with E-state index < -0.39 is 0 Å². The highest BCUT2D eigenvalue weighted by Gasteiger charge is 2.00. The van der Waals surface area contributed by atoms with E-state index in [1.807, 2.05) is 11.4 Å². The van der Waals surface area contributed by atoms with Crippen LogP contribution in [-0.2, 0) is 0 Å². The van der Waals surface area contributed by atoms with Crippen molar-refractivity contribution in [3.63, 3.8) is 0 Å². The number of hydrogen-bond acceptors (Lipinski definition) is 5. The third kappa shape index (κ3) is 1.22. The molecule has 0 saturated heterocycles. The molecule has 2 aromatic heterocycles. The van der Waals surface area contributed by atoms with Crippen molar-refractivity contribution in [3.05, 3.63) is 24.1 Å². The maximum atomic E-state index is 4.06. The molecule has 2 rings (SSSR count). The first kappa shape index (κ1) is 6.36. The molecular formula is C6H3N4S. The van der Waals surface area contributed by atoms with E-state index in [4.69, 9.17) is 0 Å². The van der Waals surface area contributed by atoms with Crippen molar-refractivity contribution in [2.24, 2.45) is 0 Å². The molecule has 0 aliphatic heterocycles. The fraction of sp³-hybridized carbons (Fsp3) is 0. The zero-order chi connectivity index (χ0) is 7.52. The normalized spacial score (nSPS) is 9.82. The van der Waals surface area contributed by atoms with Crippen molar-refractivity contribution in [2.75, 3.05) is 0 Å². The second-order valence-electron chi connectivity index (χ2n) is 1.79. The molecule has 0 bridgehead atoms. The summed E-state index contributed by atoms with van der Waals surface area (Å²) in [6, 6.07) is 1.86. The molecule has 53 valence electrons. The maximum absolute atomic E-state index is 4.06. The lowest BCUT2D eigenvalue weighted by atomic mass is 10.4.